The number of aliphatic hydroxyl groups excluding tert-OH is 1. The highest BCUT2D eigenvalue weighted by atomic mass is 16.5. The molecule has 7 heteroatoms. The Morgan fingerprint density at radius 1 is 1.14 bits per heavy atom. The number of methoxy groups -OCH3 is 1. The average Bonchev–Trinajstić information content (AvgIpc) is 2.77. The highest BCUT2D eigenvalue weighted by Crippen LogP contribution is 2.23. The lowest BCUT2D eigenvalue weighted by Crippen LogP contribution is -2.38. The van der Waals surface area contributed by atoms with Crippen LogP contribution in [0.3, 0.4) is 0 Å². The van der Waals surface area contributed by atoms with Gasteiger partial charge in [-0.1, -0.05) is 12.1 Å². The van der Waals surface area contributed by atoms with Gasteiger partial charge in [0.25, 0.3) is 0 Å². The summed E-state index contributed by atoms with van der Waals surface area (Å²) >= 11 is 0. The number of rotatable bonds is 12. The first-order valence-corrected chi connectivity index (χ1v) is 10.8. The Labute approximate surface area is 175 Å². The van der Waals surface area contributed by atoms with Crippen molar-refractivity contribution in [3.05, 3.63) is 29.8 Å². The van der Waals surface area contributed by atoms with Crippen LogP contribution in [0.4, 0.5) is 5.69 Å². The molecule has 1 saturated heterocycles. The van der Waals surface area contributed by atoms with Crippen molar-refractivity contribution in [1.82, 2.24) is 10.6 Å². The topological polar surface area (TPSA) is 78.4 Å². The lowest BCUT2D eigenvalue weighted by molar-refractivity contribution is 0.0698. The zero-order valence-electron chi connectivity index (χ0n) is 18.0. The van der Waals surface area contributed by atoms with E-state index in [1.54, 1.807) is 7.11 Å². The van der Waals surface area contributed by atoms with Gasteiger partial charge in [0, 0.05) is 52.2 Å². The predicted molar refractivity (Wildman–Crippen MR) is 119 cm³/mol. The number of hydrogen-bond acceptors (Lipinski definition) is 5. The molecule has 1 aliphatic heterocycles. The first kappa shape index (κ1) is 23.4. The van der Waals surface area contributed by atoms with Gasteiger partial charge in [0.2, 0.25) is 0 Å². The van der Waals surface area contributed by atoms with E-state index in [-0.39, 0.29) is 0 Å². The largest absolute Gasteiger partial charge is 0.396 e. The van der Waals surface area contributed by atoms with Gasteiger partial charge in [0.15, 0.2) is 5.96 Å². The first-order valence-electron chi connectivity index (χ1n) is 10.8. The lowest BCUT2D eigenvalue weighted by Gasteiger charge is -2.32. The Morgan fingerprint density at radius 2 is 1.90 bits per heavy atom. The van der Waals surface area contributed by atoms with Gasteiger partial charge in [-0.05, 0) is 49.8 Å². The van der Waals surface area contributed by atoms with E-state index in [1.165, 1.54) is 11.3 Å². The second kappa shape index (κ2) is 14.2. The molecule has 1 fully saturated rings. The summed E-state index contributed by atoms with van der Waals surface area (Å²) in [6.45, 7) is 8.71. The molecular weight excluding hydrogens is 368 g/mol. The van der Waals surface area contributed by atoms with Gasteiger partial charge in [-0.3, -0.25) is 0 Å². The van der Waals surface area contributed by atoms with Crippen LogP contribution in [0.5, 0.6) is 0 Å². The molecule has 1 aliphatic rings. The van der Waals surface area contributed by atoms with Crippen molar-refractivity contribution < 1.29 is 14.6 Å². The number of guanidine groups is 1. The Balaban J connectivity index is 1.75. The molecule has 0 spiro atoms. The molecule has 29 heavy (non-hydrogen) atoms. The van der Waals surface area contributed by atoms with Crippen LogP contribution < -0.4 is 15.5 Å². The van der Waals surface area contributed by atoms with Gasteiger partial charge < -0.3 is 30.1 Å². The van der Waals surface area contributed by atoms with Gasteiger partial charge in [-0.2, -0.15) is 0 Å². The number of aliphatic hydroxyl groups is 1. The monoisotopic (exact) mass is 406 g/mol. The normalized spacial score (nSPS) is 15.6. The van der Waals surface area contributed by atoms with Gasteiger partial charge in [-0.15, -0.1) is 0 Å². The van der Waals surface area contributed by atoms with E-state index in [9.17, 15) is 5.11 Å². The molecule has 164 valence electrons. The van der Waals surface area contributed by atoms with Crippen LogP contribution in [0.2, 0.25) is 0 Å². The molecule has 3 N–H and O–H groups in total. The van der Waals surface area contributed by atoms with Crippen LogP contribution in [0, 0.1) is 5.92 Å². The minimum atomic E-state index is 0.313. The molecule has 2 rings (SSSR count). The molecule has 7 nitrogen and oxygen atoms in total. The smallest absolute Gasteiger partial charge is 0.191 e. The number of nitrogens with one attached hydrogen (secondary N) is 2. The van der Waals surface area contributed by atoms with Gasteiger partial charge in [-0.25, -0.2) is 4.99 Å². The van der Waals surface area contributed by atoms with Crippen LogP contribution in [-0.2, 0) is 16.0 Å². The van der Waals surface area contributed by atoms with Crippen molar-refractivity contribution in [1.29, 1.82) is 0 Å². The predicted octanol–water partition coefficient (Wildman–Crippen LogP) is 2.00. The van der Waals surface area contributed by atoms with Gasteiger partial charge >= 0.3 is 0 Å². The van der Waals surface area contributed by atoms with Crippen molar-refractivity contribution >= 4 is 11.6 Å². The number of piperidine rings is 1. The van der Waals surface area contributed by atoms with E-state index >= 15 is 0 Å². The number of ether oxygens (including phenoxy) is 2. The molecule has 0 aliphatic carbocycles. The molecule has 1 aromatic rings. The number of benzene rings is 1. The molecule has 0 saturated carbocycles. The molecule has 0 amide bonds. The maximum absolute atomic E-state index is 9.29. The summed E-state index contributed by atoms with van der Waals surface area (Å²) in [5.74, 6) is 1.30. The van der Waals surface area contributed by atoms with Crippen molar-refractivity contribution in [2.45, 2.75) is 32.7 Å². The minimum Gasteiger partial charge on any atom is -0.396 e. The summed E-state index contributed by atoms with van der Waals surface area (Å²) in [6, 6.07) is 8.68. The summed E-state index contributed by atoms with van der Waals surface area (Å²) in [4.78, 5) is 7.09. The Hall–Kier alpha value is -1.83. The summed E-state index contributed by atoms with van der Waals surface area (Å²) < 4.78 is 10.4. The Kier molecular flexibility index (Phi) is 11.5. The highest BCUT2D eigenvalue weighted by molar-refractivity contribution is 5.79. The van der Waals surface area contributed by atoms with E-state index in [1.807, 2.05) is 0 Å². The first-order chi connectivity index (χ1) is 14.3. The third-order valence-corrected chi connectivity index (χ3v) is 5.13. The van der Waals surface area contributed by atoms with Crippen LogP contribution in [0.25, 0.3) is 0 Å². The van der Waals surface area contributed by atoms with E-state index in [4.69, 9.17) is 9.47 Å². The number of aliphatic imine (C=N–C) groups is 1. The van der Waals surface area contributed by atoms with Crippen LogP contribution in [-0.4, -0.2) is 70.8 Å². The Morgan fingerprint density at radius 3 is 2.55 bits per heavy atom. The van der Waals surface area contributed by atoms with Crippen molar-refractivity contribution in [3.8, 4) is 0 Å². The van der Waals surface area contributed by atoms with E-state index in [0.717, 1.165) is 51.4 Å². The second-order valence-electron chi connectivity index (χ2n) is 7.36. The lowest BCUT2D eigenvalue weighted by atomic mass is 9.97. The van der Waals surface area contributed by atoms with Crippen LogP contribution in [0.15, 0.2) is 29.3 Å². The Bertz CT molecular complexity index is 572. The quantitative estimate of drug-likeness (QED) is 0.280. The van der Waals surface area contributed by atoms with E-state index in [2.05, 4.69) is 51.7 Å². The molecule has 1 aromatic carbocycles. The maximum Gasteiger partial charge on any atom is 0.191 e. The number of hydrogen-bond donors (Lipinski definition) is 3. The zero-order chi connectivity index (χ0) is 20.7. The molecule has 0 aromatic heterocycles. The minimum absolute atomic E-state index is 0.313. The fourth-order valence-corrected chi connectivity index (χ4v) is 3.32. The molecule has 0 atom stereocenters. The van der Waals surface area contributed by atoms with Gasteiger partial charge in [0.1, 0.15) is 0 Å². The second-order valence-corrected chi connectivity index (χ2v) is 7.36. The van der Waals surface area contributed by atoms with Crippen LogP contribution >= 0.6 is 0 Å². The summed E-state index contributed by atoms with van der Waals surface area (Å²) in [7, 11) is 1.68. The fraction of sp³-hybridized carbons (Fsp3) is 0.682. The summed E-state index contributed by atoms with van der Waals surface area (Å²) in [5, 5.41) is 15.9. The molecule has 0 bridgehead atoms. The third kappa shape index (κ3) is 9.02. The summed E-state index contributed by atoms with van der Waals surface area (Å²) in [6.07, 6.45) is 3.06. The van der Waals surface area contributed by atoms with Crippen molar-refractivity contribution in [2.24, 2.45) is 10.9 Å². The maximum atomic E-state index is 9.29. The third-order valence-electron chi connectivity index (χ3n) is 5.13. The van der Waals surface area contributed by atoms with Gasteiger partial charge in [0.05, 0.1) is 19.8 Å². The molecule has 1 heterocycles. The fourth-order valence-electron chi connectivity index (χ4n) is 3.32. The zero-order valence-corrected chi connectivity index (χ0v) is 18.0. The van der Waals surface area contributed by atoms with Crippen molar-refractivity contribution in [3.63, 3.8) is 0 Å². The summed E-state index contributed by atoms with van der Waals surface area (Å²) in [5.41, 5.74) is 2.45. The number of anilines is 1. The number of nitrogens with zero attached hydrogens (tertiary/aromatic N) is 2. The molecule has 0 radical (unpaired) electrons. The molecular formula is C22H38N4O3. The average molecular weight is 407 g/mol. The van der Waals surface area contributed by atoms with Crippen LogP contribution in [0.1, 0.15) is 31.7 Å². The highest BCUT2D eigenvalue weighted by Gasteiger charge is 2.18. The SMILES string of the molecule is CCNC(=NCc1ccc(N2CCC(CO)CC2)cc1)NCCCOCCOC. The van der Waals surface area contributed by atoms with E-state index in [0.29, 0.717) is 38.9 Å². The molecule has 0 unspecified atom stereocenters. The van der Waals surface area contributed by atoms with Crippen molar-refractivity contribution in [2.75, 3.05) is 64.6 Å². The standard InChI is InChI=1S/C22H38N4O3/c1-3-23-22(24-11-4-14-29-16-15-28-2)25-17-19-5-7-21(8-6-19)26-12-9-20(18-27)10-13-26/h5-8,20,27H,3-4,9-18H2,1-2H3,(H2,23,24,25). The van der Waals surface area contributed by atoms with E-state index < -0.39 is 0 Å².